The average Bonchev–Trinajstić information content (AvgIpc) is 2.78. The van der Waals surface area contributed by atoms with Crippen LogP contribution in [0.5, 0.6) is 0 Å². The molecule has 1 aliphatic heterocycles. The summed E-state index contributed by atoms with van der Waals surface area (Å²) >= 11 is 5.95. The lowest BCUT2D eigenvalue weighted by Crippen LogP contribution is -2.16. The maximum Gasteiger partial charge on any atom is 0.312 e. The van der Waals surface area contributed by atoms with Crippen LogP contribution in [0.3, 0.4) is 0 Å². The van der Waals surface area contributed by atoms with Crippen LogP contribution in [-0.2, 0) is 11.3 Å². The molecule has 1 atom stereocenters. The van der Waals surface area contributed by atoms with E-state index in [4.69, 9.17) is 11.6 Å². The van der Waals surface area contributed by atoms with E-state index in [-0.39, 0.29) is 5.78 Å². The minimum absolute atomic E-state index is 0.125. The van der Waals surface area contributed by atoms with Gasteiger partial charge in [-0.05, 0) is 37.1 Å². The van der Waals surface area contributed by atoms with Crippen molar-refractivity contribution in [3.8, 4) is 0 Å². The maximum absolute atomic E-state index is 12.7. The molecule has 114 valence electrons. The van der Waals surface area contributed by atoms with Crippen molar-refractivity contribution in [2.75, 3.05) is 0 Å². The molecule has 0 bridgehead atoms. The van der Waals surface area contributed by atoms with E-state index in [1.54, 1.807) is 36.4 Å². The Kier molecular flexibility index (Phi) is 4.03. The predicted octanol–water partition coefficient (Wildman–Crippen LogP) is 3.72. The Labute approximate surface area is 133 Å². The van der Waals surface area contributed by atoms with Gasteiger partial charge in [-0.1, -0.05) is 30.2 Å². The van der Waals surface area contributed by atoms with Crippen molar-refractivity contribution in [1.29, 1.82) is 0 Å². The number of carbonyl (C=O) groups excluding carboxylic acids is 1. The third-order valence-corrected chi connectivity index (χ3v) is 4.35. The number of rotatable bonds is 3. The van der Waals surface area contributed by atoms with Crippen LogP contribution in [-0.4, -0.2) is 21.4 Å². The molecule has 0 aliphatic carbocycles. The molecule has 2 heterocycles. The van der Waals surface area contributed by atoms with Gasteiger partial charge in [0, 0.05) is 22.8 Å². The molecule has 0 radical (unpaired) electrons. The number of aromatic nitrogens is 1. The van der Waals surface area contributed by atoms with Crippen LogP contribution in [0.2, 0.25) is 5.02 Å². The smallest absolute Gasteiger partial charge is 0.312 e. The molecule has 2 aromatic rings. The van der Waals surface area contributed by atoms with Gasteiger partial charge in [-0.3, -0.25) is 9.59 Å². The second kappa shape index (κ2) is 5.97. The Hall–Kier alpha value is -2.07. The summed E-state index contributed by atoms with van der Waals surface area (Å²) in [6.07, 6.45) is 2.34. The van der Waals surface area contributed by atoms with E-state index in [1.807, 2.05) is 4.57 Å². The summed E-state index contributed by atoms with van der Waals surface area (Å²) in [4.78, 5) is 24.1. The van der Waals surface area contributed by atoms with Gasteiger partial charge in [0.15, 0.2) is 0 Å². The fourth-order valence-electron chi connectivity index (χ4n) is 3.03. The molecule has 5 heteroatoms. The molecule has 0 saturated heterocycles. The molecule has 4 nitrogen and oxygen atoms in total. The molecule has 0 saturated carbocycles. The number of nitrogens with zero attached hydrogens (tertiary/aromatic N) is 1. The third-order valence-electron chi connectivity index (χ3n) is 4.11. The molecule has 1 aromatic carbocycles. The van der Waals surface area contributed by atoms with Gasteiger partial charge < -0.3 is 9.67 Å². The Balaban J connectivity index is 2.03. The van der Waals surface area contributed by atoms with E-state index >= 15 is 0 Å². The summed E-state index contributed by atoms with van der Waals surface area (Å²) < 4.78 is 1.86. The van der Waals surface area contributed by atoms with Crippen LogP contribution in [0.1, 0.15) is 46.9 Å². The van der Waals surface area contributed by atoms with Crippen LogP contribution in [0.4, 0.5) is 0 Å². The second-order valence-electron chi connectivity index (χ2n) is 5.52. The summed E-state index contributed by atoms with van der Waals surface area (Å²) in [5.74, 6) is -1.49. The number of hydrogen-bond donors (Lipinski definition) is 1. The minimum Gasteiger partial charge on any atom is -0.481 e. The van der Waals surface area contributed by atoms with Crippen LogP contribution in [0.25, 0.3) is 0 Å². The van der Waals surface area contributed by atoms with Gasteiger partial charge in [0.1, 0.15) is 0 Å². The Morgan fingerprint density at radius 2 is 2.00 bits per heavy atom. The normalized spacial score (nSPS) is 17.6. The standard InChI is InChI=1S/C17H16ClNO3/c18-12-5-3-4-11(10-12)16(20)15-8-7-14-13(17(21)22)6-1-2-9-19(14)15/h3-5,7-8,10,13H,1-2,6,9H2,(H,21,22). The van der Waals surface area contributed by atoms with Crippen molar-refractivity contribution < 1.29 is 14.7 Å². The highest BCUT2D eigenvalue weighted by atomic mass is 35.5. The number of hydrogen-bond acceptors (Lipinski definition) is 2. The van der Waals surface area contributed by atoms with E-state index in [0.717, 1.165) is 18.5 Å². The molecule has 1 aliphatic rings. The van der Waals surface area contributed by atoms with Crippen molar-refractivity contribution in [2.24, 2.45) is 0 Å². The van der Waals surface area contributed by atoms with E-state index in [9.17, 15) is 14.7 Å². The summed E-state index contributed by atoms with van der Waals surface area (Å²) in [5.41, 5.74) is 1.77. The highest BCUT2D eigenvalue weighted by Crippen LogP contribution is 2.30. The number of fused-ring (bicyclic) bond motifs is 1. The van der Waals surface area contributed by atoms with Gasteiger partial charge in [-0.15, -0.1) is 0 Å². The molecule has 0 amide bonds. The van der Waals surface area contributed by atoms with Crippen molar-refractivity contribution in [2.45, 2.75) is 31.7 Å². The zero-order valence-corrected chi connectivity index (χ0v) is 12.7. The molecule has 1 unspecified atom stereocenters. The van der Waals surface area contributed by atoms with E-state index in [2.05, 4.69) is 0 Å². The van der Waals surface area contributed by atoms with Gasteiger partial charge in [0.05, 0.1) is 11.6 Å². The first-order valence-electron chi connectivity index (χ1n) is 7.30. The largest absolute Gasteiger partial charge is 0.481 e. The maximum atomic E-state index is 12.7. The van der Waals surface area contributed by atoms with Crippen molar-refractivity contribution in [1.82, 2.24) is 4.57 Å². The Morgan fingerprint density at radius 3 is 2.73 bits per heavy atom. The first kappa shape index (κ1) is 14.9. The summed E-state index contributed by atoms with van der Waals surface area (Å²) in [6.45, 7) is 0.674. The van der Waals surface area contributed by atoms with Gasteiger partial charge in [-0.25, -0.2) is 0 Å². The molecular formula is C17H16ClNO3. The van der Waals surface area contributed by atoms with E-state index in [1.165, 1.54) is 0 Å². The third kappa shape index (κ3) is 2.66. The molecule has 0 fully saturated rings. The fourth-order valence-corrected chi connectivity index (χ4v) is 3.22. The number of aliphatic carboxylic acids is 1. The SMILES string of the molecule is O=C(c1cccc(Cl)c1)c1ccc2n1CCCCC2C(=O)O. The average molecular weight is 318 g/mol. The second-order valence-corrected chi connectivity index (χ2v) is 5.96. The van der Waals surface area contributed by atoms with Crippen molar-refractivity contribution in [3.05, 3.63) is 58.4 Å². The predicted molar refractivity (Wildman–Crippen MR) is 83.5 cm³/mol. The minimum atomic E-state index is -0.831. The molecule has 1 aromatic heterocycles. The van der Waals surface area contributed by atoms with Crippen LogP contribution in [0.15, 0.2) is 36.4 Å². The molecule has 1 N–H and O–H groups in total. The van der Waals surface area contributed by atoms with Crippen LogP contribution < -0.4 is 0 Å². The summed E-state index contributed by atoms with van der Waals surface area (Å²) in [7, 11) is 0. The zero-order chi connectivity index (χ0) is 15.7. The number of ketones is 1. The summed E-state index contributed by atoms with van der Waals surface area (Å²) in [6, 6.07) is 10.3. The number of carboxylic acids is 1. The van der Waals surface area contributed by atoms with Gasteiger partial charge in [0.2, 0.25) is 5.78 Å². The number of carbonyl (C=O) groups is 2. The van der Waals surface area contributed by atoms with Crippen LogP contribution in [0, 0.1) is 0 Å². The Morgan fingerprint density at radius 1 is 1.18 bits per heavy atom. The Bertz CT molecular complexity index is 735. The first-order valence-corrected chi connectivity index (χ1v) is 7.68. The highest BCUT2D eigenvalue weighted by molar-refractivity contribution is 6.31. The van der Waals surface area contributed by atoms with Crippen molar-refractivity contribution >= 4 is 23.4 Å². The molecule has 3 rings (SSSR count). The van der Waals surface area contributed by atoms with E-state index in [0.29, 0.717) is 29.2 Å². The number of halogens is 1. The topological polar surface area (TPSA) is 59.3 Å². The van der Waals surface area contributed by atoms with Crippen molar-refractivity contribution in [3.63, 3.8) is 0 Å². The fraction of sp³-hybridized carbons (Fsp3) is 0.294. The quantitative estimate of drug-likeness (QED) is 0.878. The number of carboxylic acid groups (broad SMARTS) is 1. The van der Waals surface area contributed by atoms with Crippen LogP contribution >= 0.6 is 11.6 Å². The lowest BCUT2D eigenvalue weighted by atomic mass is 10.0. The lowest BCUT2D eigenvalue weighted by Gasteiger charge is -2.13. The highest BCUT2D eigenvalue weighted by Gasteiger charge is 2.28. The molecule has 22 heavy (non-hydrogen) atoms. The molecule has 0 spiro atoms. The zero-order valence-electron chi connectivity index (χ0n) is 12.0. The van der Waals surface area contributed by atoms with E-state index < -0.39 is 11.9 Å². The molecular weight excluding hydrogens is 302 g/mol. The van der Waals surface area contributed by atoms with Gasteiger partial charge in [-0.2, -0.15) is 0 Å². The van der Waals surface area contributed by atoms with Gasteiger partial charge in [0.25, 0.3) is 0 Å². The van der Waals surface area contributed by atoms with Gasteiger partial charge >= 0.3 is 5.97 Å². The first-order chi connectivity index (χ1) is 10.6. The monoisotopic (exact) mass is 317 g/mol. The lowest BCUT2D eigenvalue weighted by molar-refractivity contribution is -0.139. The summed E-state index contributed by atoms with van der Waals surface area (Å²) in [5, 5.41) is 9.91. The number of benzene rings is 1.